The van der Waals surface area contributed by atoms with Crippen molar-refractivity contribution in [2.24, 2.45) is 0 Å². The number of H-pyrrole nitrogens is 1. The number of imidazole rings is 1. The molecule has 1 fully saturated rings. The summed E-state index contributed by atoms with van der Waals surface area (Å²) in [6.07, 6.45) is 3.80. The van der Waals surface area contributed by atoms with Crippen LogP contribution in [0.3, 0.4) is 0 Å². The van der Waals surface area contributed by atoms with Crippen molar-refractivity contribution in [3.63, 3.8) is 0 Å². The summed E-state index contributed by atoms with van der Waals surface area (Å²) in [5.41, 5.74) is 4.30. The fourth-order valence-corrected chi connectivity index (χ4v) is 3.61. The predicted octanol–water partition coefficient (Wildman–Crippen LogP) is 2.78. The number of likely N-dealkylation sites (tertiary alicyclic amines) is 1. The van der Waals surface area contributed by atoms with Gasteiger partial charge in [-0.15, -0.1) is 0 Å². The van der Waals surface area contributed by atoms with Crippen LogP contribution in [0.15, 0.2) is 30.5 Å². The third-order valence-electron chi connectivity index (χ3n) is 5.11. The molecule has 6 heteroatoms. The Morgan fingerprint density at radius 1 is 1.32 bits per heavy atom. The summed E-state index contributed by atoms with van der Waals surface area (Å²) in [7, 11) is 0. The highest BCUT2D eigenvalue weighted by atomic mass is 16.2. The Morgan fingerprint density at radius 2 is 2.20 bits per heavy atom. The van der Waals surface area contributed by atoms with Gasteiger partial charge in [-0.1, -0.05) is 12.1 Å². The Hall–Kier alpha value is -2.63. The second-order valence-corrected chi connectivity index (χ2v) is 6.90. The predicted molar refractivity (Wildman–Crippen MR) is 96.3 cm³/mol. The molecule has 1 atom stereocenters. The van der Waals surface area contributed by atoms with Gasteiger partial charge in [-0.3, -0.25) is 9.48 Å². The zero-order valence-corrected chi connectivity index (χ0v) is 14.7. The molecule has 1 unspecified atom stereocenters. The summed E-state index contributed by atoms with van der Waals surface area (Å²) in [5, 5.41) is 4.22. The number of hydrogen-bond acceptors (Lipinski definition) is 3. The van der Waals surface area contributed by atoms with Gasteiger partial charge in [0.15, 0.2) is 0 Å². The lowest BCUT2D eigenvalue weighted by molar-refractivity contribution is -0.133. The van der Waals surface area contributed by atoms with E-state index in [4.69, 9.17) is 4.98 Å². The van der Waals surface area contributed by atoms with Gasteiger partial charge in [0.1, 0.15) is 12.4 Å². The lowest BCUT2D eigenvalue weighted by atomic mass is 9.97. The van der Waals surface area contributed by atoms with Gasteiger partial charge in [0.05, 0.1) is 11.0 Å². The summed E-state index contributed by atoms with van der Waals surface area (Å²) in [6.45, 7) is 5.89. The van der Waals surface area contributed by atoms with E-state index in [1.165, 1.54) is 5.56 Å². The molecule has 1 saturated heterocycles. The largest absolute Gasteiger partial charge is 0.342 e. The number of aromatic nitrogens is 4. The maximum atomic E-state index is 12.7. The Morgan fingerprint density at radius 3 is 2.96 bits per heavy atom. The first-order valence-electron chi connectivity index (χ1n) is 8.83. The molecule has 3 heterocycles. The van der Waals surface area contributed by atoms with Crippen LogP contribution in [0, 0.1) is 13.8 Å². The smallest absolute Gasteiger partial charge is 0.244 e. The van der Waals surface area contributed by atoms with Crippen molar-refractivity contribution in [2.75, 3.05) is 13.1 Å². The fourth-order valence-electron chi connectivity index (χ4n) is 3.61. The van der Waals surface area contributed by atoms with Gasteiger partial charge in [-0.25, -0.2) is 4.98 Å². The van der Waals surface area contributed by atoms with Crippen LogP contribution in [0.4, 0.5) is 0 Å². The highest BCUT2D eigenvalue weighted by Gasteiger charge is 2.27. The molecule has 1 N–H and O–H groups in total. The van der Waals surface area contributed by atoms with Crippen molar-refractivity contribution in [3.8, 4) is 0 Å². The number of aryl methyl sites for hydroxylation is 2. The first-order chi connectivity index (χ1) is 12.1. The van der Waals surface area contributed by atoms with E-state index in [9.17, 15) is 4.79 Å². The van der Waals surface area contributed by atoms with Crippen molar-refractivity contribution in [3.05, 3.63) is 47.5 Å². The average Bonchev–Trinajstić information content (AvgIpc) is 3.23. The van der Waals surface area contributed by atoms with Crippen LogP contribution in [-0.2, 0) is 11.3 Å². The topological polar surface area (TPSA) is 66.8 Å². The minimum atomic E-state index is 0.129. The SMILES string of the molecule is Cc1cccc2[nH]c(C3CCCN(C(=O)Cn4nccc4C)C3)nc12. The molecular formula is C19H23N5O. The quantitative estimate of drug-likeness (QED) is 0.799. The number of benzene rings is 1. The molecule has 1 amide bonds. The summed E-state index contributed by atoms with van der Waals surface area (Å²) in [5.74, 6) is 1.39. The molecule has 6 nitrogen and oxygen atoms in total. The second-order valence-electron chi connectivity index (χ2n) is 6.90. The molecule has 2 aromatic heterocycles. The molecule has 25 heavy (non-hydrogen) atoms. The molecule has 0 aliphatic carbocycles. The lowest BCUT2D eigenvalue weighted by Crippen LogP contribution is -2.41. The van der Waals surface area contributed by atoms with E-state index < -0.39 is 0 Å². The minimum Gasteiger partial charge on any atom is -0.342 e. The van der Waals surface area contributed by atoms with Gasteiger partial charge in [0, 0.05) is 30.9 Å². The molecule has 1 aliphatic rings. The maximum absolute atomic E-state index is 12.7. The first kappa shape index (κ1) is 15.9. The summed E-state index contributed by atoms with van der Waals surface area (Å²) < 4.78 is 1.76. The molecule has 0 spiro atoms. The Bertz CT molecular complexity index is 910. The van der Waals surface area contributed by atoms with Crippen molar-refractivity contribution < 1.29 is 4.79 Å². The van der Waals surface area contributed by atoms with Gasteiger partial charge < -0.3 is 9.88 Å². The van der Waals surface area contributed by atoms with Gasteiger partial charge in [0.2, 0.25) is 5.91 Å². The van der Waals surface area contributed by atoms with Gasteiger partial charge in [-0.2, -0.15) is 5.10 Å². The number of aromatic amines is 1. The Balaban J connectivity index is 1.51. The van der Waals surface area contributed by atoms with E-state index in [-0.39, 0.29) is 11.8 Å². The highest BCUT2D eigenvalue weighted by Crippen LogP contribution is 2.27. The molecule has 4 rings (SSSR count). The minimum absolute atomic E-state index is 0.129. The number of amides is 1. The molecule has 1 aliphatic heterocycles. The number of piperidine rings is 1. The van der Waals surface area contributed by atoms with Gasteiger partial charge in [-0.05, 0) is 44.4 Å². The number of rotatable bonds is 3. The third-order valence-corrected chi connectivity index (χ3v) is 5.11. The van der Waals surface area contributed by atoms with Crippen LogP contribution in [0.1, 0.15) is 35.8 Å². The number of fused-ring (bicyclic) bond motifs is 1. The van der Waals surface area contributed by atoms with Crippen molar-refractivity contribution in [1.82, 2.24) is 24.6 Å². The number of carbonyl (C=O) groups excluding carboxylic acids is 1. The van der Waals surface area contributed by atoms with Crippen LogP contribution in [0.2, 0.25) is 0 Å². The van der Waals surface area contributed by atoms with Crippen LogP contribution >= 0.6 is 0 Å². The standard InChI is InChI=1S/C19H23N5O/c1-13-5-3-7-16-18(13)22-19(21-16)15-6-4-10-23(11-15)17(25)12-24-14(2)8-9-20-24/h3,5,7-9,15H,4,6,10-12H2,1-2H3,(H,21,22). The van der Waals surface area contributed by atoms with Crippen molar-refractivity contribution >= 4 is 16.9 Å². The van der Waals surface area contributed by atoms with E-state index in [1.54, 1.807) is 10.9 Å². The normalized spacial score (nSPS) is 18.0. The molecular weight excluding hydrogens is 314 g/mol. The van der Waals surface area contributed by atoms with E-state index in [0.717, 1.165) is 48.5 Å². The van der Waals surface area contributed by atoms with Crippen LogP contribution in [0.25, 0.3) is 11.0 Å². The van der Waals surface area contributed by atoms with E-state index in [0.29, 0.717) is 6.54 Å². The Kier molecular flexibility index (Phi) is 4.03. The van der Waals surface area contributed by atoms with E-state index in [1.807, 2.05) is 24.0 Å². The summed E-state index contributed by atoms with van der Waals surface area (Å²) in [6, 6.07) is 8.10. The molecule has 130 valence electrons. The number of para-hydroxylation sites is 1. The summed E-state index contributed by atoms with van der Waals surface area (Å²) in [4.78, 5) is 22.9. The lowest BCUT2D eigenvalue weighted by Gasteiger charge is -2.32. The molecule has 3 aromatic rings. The number of nitrogens with one attached hydrogen (secondary N) is 1. The highest BCUT2D eigenvalue weighted by molar-refractivity contribution is 5.79. The van der Waals surface area contributed by atoms with Crippen molar-refractivity contribution in [1.29, 1.82) is 0 Å². The monoisotopic (exact) mass is 337 g/mol. The average molecular weight is 337 g/mol. The molecule has 0 saturated carbocycles. The van der Waals surface area contributed by atoms with E-state index >= 15 is 0 Å². The zero-order valence-electron chi connectivity index (χ0n) is 14.7. The number of hydrogen-bond donors (Lipinski definition) is 1. The fraction of sp³-hybridized carbons (Fsp3) is 0.421. The molecule has 0 radical (unpaired) electrons. The first-order valence-corrected chi connectivity index (χ1v) is 8.83. The van der Waals surface area contributed by atoms with Gasteiger partial charge in [0.25, 0.3) is 0 Å². The number of nitrogens with zero attached hydrogens (tertiary/aromatic N) is 4. The van der Waals surface area contributed by atoms with Gasteiger partial charge >= 0.3 is 0 Å². The molecule has 1 aromatic carbocycles. The maximum Gasteiger partial charge on any atom is 0.244 e. The van der Waals surface area contributed by atoms with Crippen LogP contribution in [-0.4, -0.2) is 43.6 Å². The molecule has 0 bridgehead atoms. The van der Waals surface area contributed by atoms with Crippen LogP contribution < -0.4 is 0 Å². The third kappa shape index (κ3) is 3.04. The summed E-state index contributed by atoms with van der Waals surface area (Å²) >= 11 is 0. The number of carbonyl (C=O) groups is 1. The van der Waals surface area contributed by atoms with E-state index in [2.05, 4.69) is 29.1 Å². The van der Waals surface area contributed by atoms with Crippen LogP contribution in [0.5, 0.6) is 0 Å². The second kappa shape index (κ2) is 6.35. The zero-order chi connectivity index (χ0) is 17.4. The Labute approximate surface area is 146 Å². The van der Waals surface area contributed by atoms with Crippen molar-refractivity contribution in [2.45, 2.75) is 39.2 Å².